The number of carbonyl (C=O) groups is 2. The molecule has 0 unspecified atom stereocenters. The van der Waals surface area contributed by atoms with E-state index in [9.17, 15) is 9.59 Å². The first-order valence-corrected chi connectivity index (χ1v) is 5.81. The zero-order chi connectivity index (χ0) is 15.5. The summed E-state index contributed by atoms with van der Waals surface area (Å²) >= 11 is 0. The number of anilines is 2. The highest BCUT2D eigenvalue weighted by Gasteiger charge is 1.92. The molecule has 2 rings (SSSR count). The smallest absolute Gasteiger partial charge is 0.328 e. The van der Waals surface area contributed by atoms with Gasteiger partial charge in [-0.2, -0.15) is 0 Å². The summed E-state index contributed by atoms with van der Waals surface area (Å²) in [6.45, 7) is 0. The van der Waals surface area contributed by atoms with Crippen LogP contribution < -0.4 is 5.32 Å². The van der Waals surface area contributed by atoms with Crippen LogP contribution in [0.3, 0.4) is 0 Å². The van der Waals surface area contributed by atoms with Crippen molar-refractivity contribution in [2.75, 3.05) is 5.32 Å². The molecule has 0 saturated carbocycles. The van der Waals surface area contributed by atoms with Gasteiger partial charge in [-0.25, -0.2) is 19.6 Å². The van der Waals surface area contributed by atoms with Crippen molar-refractivity contribution in [2.24, 2.45) is 0 Å². The Morgan fingerprint density at radius 1 is 0.857 bits per heavy atom. The number of pyridine rings is 2. The molecule has 0 aromatic carbocycles. The highest BCUT2D eigenvalue weighted by Crippen LogP contribution is 2.08. The molecule has 0 radical (unpaired) electrons. The van der Waals surface area contributed by atoms with Gasteiger partial charge in [0.2, 0.25) is 0 Å². The lowest BCUT2D eigenvalue weighted by atomic mass is 10.4. The zero-order valence-electron chi connectivity index (χ0n) is 10.9. The van der Waals surface area contributed by atoms with Crippen molar-refractivity contribution in [1.29, 1.82) is 0 Å². The largest absolute Gasteiger partial charge is 0.478 e. The number of carboxylic acid groups (broad SMARTS) is 2. The lowest BCUT2D eigenvalue weighted by Crippen LogP contribution is -1.93. The van der Waals surface area contributed by atoms with Crippen LogP contribution in [0.25, 0.3) is 0 Å². The molecule has 7 heteroatoms. The van der Waals surface area contributed by atoms with Gasteiger partial charge in [0, 0.05) is 24.5 Å². The lowest BCUT2D eigenvalue weighted by molar-refractivity contribution is -0.134. The van der Waals surface area contributed by atoms with Gasteiger partial charge in [-0.15, -0.1) is 0 Å². The third kappa shape index (κ3) is 7.73. The second-order valence-corrected chi connectivity index (χ2v) is 3.56. The van der Waals surface area contributed by atoms with E-state index in [0.717, 1.165) is 11.6 Å². The van der Waals surface area contributed by atoms with Gasteiger partial charge in [0.05, 0.1) is 0 Å². The third-order valence-corrected chi connectivity index (χ3v) is 1.95. The highest BCUT2D eigenvalue weighted by molar-refractivity contribution is 5.89. The molecule has 0 aliphatic heterocycles. The number of carboxylic acids is 2. The average Bonchev–Trinajstić information content (AvgIpc) is 2.48. The fourth-order valence-electron chi connectivity index (χ4n) is 1.15. The van der Waals surface area contributed by atoms with E-state index < -0.39 is 11.9 Å². The SMILES string of the molecule is O=C(O)/C=C\C(=O)O.c1ccc(Nc2ccccn2)nc1. The van der Waals surface area contributed by atoms with Gasteiger partial charge in [-0.3, -0.25) is 0 Å². The van der Waals surface area contributed by atoms with Crippen LogP contribution in [-0.4, -0.2) is 32.1 Å². The number of hydrogen-bond acceptors (Lipinski definition) is 5. The van der Waals surface area contributed by atoms with Crippen molar-refractivity contribution >= 4 is 23.6 Å². The first-order chi connectivity index (χ1) is 10.1. The van der Waals surface area contributed by atoms with E-state index in [1.54, 1.807) is 12.4 Å². The van der Waals surface area contributed by atoms with Crippen LogP contribution in [0.1, 0.15) is 0 Å². The molecular weight excluding hydrogens is 274 g/mol. The van der Waals surface area contributed by atoms with Gasteiger partial charge in [0.25, 0.3) is 0 Å². The van der Waals surface area contributed by atoms with Crippen molar-refractivity contribution in [3.05, 3.63) is 60.9 Å². The van der Waals surface area contributed by atoms with Crippen molar-refractivity contribution in [1.82, 2.24) is 9.97 Å². The maximum absolute atomic E-state index is 9.55. The van der Waals surface area contributed by atoms with Crippen LogP contribution in [0, 0.1) is 0 Å². The van der Waals surface area contributed by atoms with Gasteiger partial charge in [-0.05, 0) is 24.3 Å². The van der Waals surface area contributed by atoms with E-state index in [1.807, 2.05) is 36.4 Å². The van der Waals surface area contributed by atoms with Crippen molar-refractivity contribution in [3.8, 4) is 0 Å². The molecule has 0 spiro atoms. The lowest BCUT2D eigenvalue weighted by Gasteiger charge is -2.02. The third-order valence-electron chi connectivity index (χ3n) is 1.95. The molecule has 21 heavy (non-hydrogen) atoms. The monoisotopic (exact) mass is 287 g/mol. The molecule has 7 nitrogen and oxygen atoms in total. The van der Waals surface area contributed by atoms with Crippen LogP contribution in [0.4, 0.5) is 11.6 Å². The fraction of sp³-hybridized carbons (Fsp3) is 0. The molecule has 0 atom stereocenters. The molecule has 0 amide bonds. The number of aromatic nitrogens is 2. The first-order valence-electron chi connectivity index (χ1n) is 5.81. The van der Waals surface area contributed by atoms with E-state index in [2.05, 4.69) is 15.3 Å². The summed E-state index contributed by atoms with van der Waals surface area (Å²) in [6.07, 6.45) is 4.60. The minimum Gasteiger partial charge on any atom is -0.478 e. The van der Waals surface area contributed by atoms with E-state index in [0.29, 0.717) is 12.2 Å². The van der Waals surface area contributed by atoms with Gasteiger partial charge < -0.3 is 15.5 Å². The Balaban J connectivity index is 0.000000240. The second-order valence-electron chi connectivity index (χ2n) is 3.56. The van der Waals surface area contributed by atoms with Crippen LogP contribution in [0.5, 0.6) is 0 Å². The number of aliphatic carboxylic acids is 2. The number of hydrogen-bond donors (Lipinski definition) is 3. The van der Waals surface area contributed by atoms with Gasteiger partial charge in [0.1, 0.15) is 11.6 Å². The molecule has 2 aromatic heterocycles. The van der Waals surface area contributed by atoms with Crippen molar-refractivity contribution < 1.29 is 19.8 Å². The first kappa shape index (κ1) is 15.8. The van der Waals surface area contributed by atoms with Gasteiger partial charge in [0.15, 0.2) is 0 Å². The molecular formula is C14H13N3O4. The number of nitrogens with zero attached hydrogens (tertiary/aromatic N) is 2. The van der Waals surface area contributed by atoms with Crippen LogP contribution in [0.2, 0.25) is 0 Å². The summed E-state index contributed by atoms with van der Waals surface area (Å²) in [4.78, 5) is 27.4. The van der Waals surface area contributed by atoms with Gasteiger partial charge in [-0.1, -0.05) is 12.1 Å². The fourth-order valence-corrected chi connectivity index (χ4v) is 1.15. The normalized spacial score (nSPS) is 9.52. The Hall–Kier alpha value is -3.22. The maximum atomic E-state index is 9.55. The number of nitrogens with one attached hydrogen (secondary N) is 1. The standard InChI is InChI=1S/C10H9N3.C4H4O4/c1-3-7-11-9(5-1)13-10-6-2-4-8-12-10;5-3(6)1-2-4(7)8/h1-8H,(H,11,12,13);1-2H,(H,5,6)(H,7,8)/b;2-1-. The summed E-state index contributed by atoms with van der Waals surface area (Å²) in [5.74, 6) is -0.901. The predicted molar refractivity (Wildman–Crippen MR) is 76.2 cm³/mol. The molecule has 2 aromatic rings. The van der Waals surface area contributed by atoms with Crippen molar-refractivity contribution in [2.45, 2.75) is 0 Å². The predicted octanol–water partition coefficient (Wildman–Crippen LogP) is 1.93. The van der Waals surface area contributed by atoms with Gasteiger partial charge >= 0.3 is 11.9 Å². The average molecular weight is 287 g/mol. The molecule has 0 saturated heterocycles. The molecule has 0 fully saturated rings. The molecule has 0 aliphatic rings. The Kier molecular flexibility index (Phi) is 6.64. The maximum Gasteiger partial charge on any atom is 0.328 e. The zero-order valence-corrected chi connectivity index (χ0v) is 10.9. The minimum atomic E-state index is -1.26. The second kappa shape index (κ2) is 8.81. The molecule has 0 aliphatic carbocycles. The quantitative estimate of drug-likeness (QED) is 0.736. The van der Waals surface area contributed by atoms with Crippen LogP contribution >= 0.6 is 0 Å². The summed E-state index contributed by atoms with van der Waals surface area (Å²) in [6, 6.07) is 11.4. The summed E-state index contributed by atoms with van der Waals surface area (Å²) in [7, 11) is 0. The van der Waals surface area contributed by atoms with E-state index in [-0.39, 0.29) is 0 Å². The van der Waals surface area contributed by atoms with Crippen LogP contribution in [-0.2, 0) is 9.59 Å². The molecule has 108 valence electrons. The minimum absolute atomic E-state index is 0.558. The summed E-state index contributed by atoms with van der Waals surface area (Å²) in [5, 5.41) is 18.7. The topological polar surface area (TPSA) is 112 Å². The Bertz CT molecular complexity index is 547. The highest BCUT2D eigenvalue weighted by atomic mass is 16.4. The van der Waals surface area contributed by atoms with E-state index in [4.69, 9.17) is 10.2 Å². The number of rotatable bonds is 4. The van der Waals surface area contributed by atoms with E-state index in [1.165, 1.54) is 0 Å². The Labute approximate surface area is 120 Å². The van der Waals surface area contributed by atoms with E-state index >= 15 is 0 Å². The van der Waals surface area contributed by atoms with Crippen molar-refractivity contribution in [3.63, 3.8) is 0 Å². The Morgan fingerprint density at radius 3 is 1.57 bits per heavy atom. The summed E-state index contributed by atoms with van der Waals surface area (Å²) in [5.41, 5.74) is 0. The molecule has 3 N–H and O–H groups in total. The van der Waals surface area contributed by atoms with Crippen LogP contribution in [0.15, 0.2) is 60.9 Å². The summed E-state index contributed by atoms with van der Waals surface area (Å²) < 4.78 is 0. The molecule has 0 bridgehead atoms. The Morgan fingerprint density at radius 2 is 1.29 bits per heavy atom. The molecule has 2 heterocycles.